The maximum Gasteiger partial charge on any atom is 0.283 e. The van der Waals surface area contributed by atoms with Crippen molar-refractivity contribution in [1.82, 2.24) is 9.80 Å². The maximum atomic E-state index is 13.2. The van der Waals surface area contributed by atoms with Crippen LogP contribution in [0.4, 0.5) is 10.1 Å². The molecule has 0 bridgehead atoms. The summed E-state index contributed by atoms with van der Waals surface area (Å²) in [4.78, 5) is 38.7. The molecule has 0 aromatic heterocycles. The highest BCUT2D eigenvalue weighted by Gasteiger charge is 2.30. The average molecular weight is 426 g/mol. The number of hydrogen-bond donors (Lipinski definition) is 0. The molecule has 2 aromatic rings. The Balaban J connectivity index is 1.71. The highest BCUT2D eigenvalue weighted by atomic mass is 35.5. The van der Waals surface area contributed by atoms with Crippen LogP contribution in [0.25, 0.3) is 0 Å². The third-order valence-corrected chi connectivity index (χ3v) is 4.95. The van der Waals surface area contributed by atoms with Gasteiger partial charge in [-0.15, -0.1) is 0 Å². The van der Waals surface area contributed by atoms with E-state index >= 15 is 0 Å². The van der Waals surface area contributed by atoms with Crippen LogP contribution in [0.15, 0.2) is 36.4 Å². The van der Waals surface area contributed by atoms with Crippen LogP contribution < -0.4 is 0 Å². The normalized spacial score (nSPS) is 14.1. The van der Waals surface area contributed by atoms with Crippen molar-refractivity contribution in [1.29, 1.82) is 0 Å². The van der Waals surface area contributed by atoms with E-state index in [0.29, 0.717) is 0 Å². The molecule has 146 valence electrons. The maximum absolute atomic E-state index is 13.2. The van der Waals surface area contributed by atoms with Crippen molar-refractivity contribution in [3.63, 3.8) is 0 Å². The van der Waals surface area contributed by atoms with Crippen LogP contribution in [-0.4, -0.2) is 52.7 Å². The molecule has 1 heterocycles. The lowest BCUT2D eigenvalue weighted by Gasteiger charge is -2.35. The summed E-state index contributed by atoms with van der Waals surface area (Å²) < 4.78 is 13.2. The minimum absolute atomic E-state index is 0.0142. The van der Waals surface area contributed by atoms with Gasteiger partial charge in [-0.05, 0) is 30.3 Å². The predicted molar refractivity (Wildman–Crippen MR) is 101 cm³/mol. The molecule has 0 unspecified atom stereocenters. The van der Waals surface area contributed by atoms with Gasteiger partial charge >= 0.3 is 0 Å². The number of nitro groups is 1. The first-order valence-electron chi connectivity index (χ1n) is 8.25. The quantitative estimate of drug-likeness (QED) is 0.554. The Labute approximate surface area is 169 Å². The number of hydrogen-bond acceptors (Lipinski definition) is 4. The SMILES string of the molecule is O=C(c1ccc(F)cc1Cl)N1CCN(C(=O)c2ccc(Cl)cc2[N+](=O)[O-])CC1. The van der Waals surface area contributed by atoms with Gasteiger partial charge in [0.1, 0.15) is 11.4 Å². The lowest BCUT2D eigenvalue weighted by molar-refractivity contribution is -0.385. The molecule has 2 aromatic carbocycles. The fourth-order valence-corrected chi connectivity index (χ4v) is 3.37. The molecule has 0 N–H and O–H groups in total. The molecule has 28 heavy (non-hydrogen) atoms. The van der Waals surface area contributed by atoms with Crippen LogP contribution in [0.5, 0.6) is 0 Å². The highest BCUT2D eigenvalue weighted by Crippen LogP contribution is 2.25. The number of rotatable bonds is 3. The smallest absolute Gasteiger partial charge is 0.283 e. The zero-order valence-electron chi connectivity index (χ0n) is 14.4. The van der Waals surface area contributed by atoms with Crippen LogP contribution in [-0.2, 0) is 0 Å². The predicted octanol–water partition coefficient (Wildman–Crippen LogP) is 3.64. The molecule has 0 radical (unpaired) electrons. The number of nitro benzene ring substituents is 1. The van der Waals surface area contributed by atoms with Gasteiger partial charge in [0, 0.05) is 37.3 Å². The number of benzene rings is 2. The molecule has 0 saturated carbocycles. The third kappa shape index (κ3) is 4.07. The number of carbonyl (C=O) groups is 2. The summed E-state index contributed by atoms with van der Waals surface area (Å²) in [6.07, 6.45) is 0. The Morgan fingerprint density at radius 2 is 1.46 bits per heavy atom. The van der Waals surface area contributed by atoms with Gasteiger partial charge in [0.05, 0.1) is 15.5 Å². The Bertz CT molecular complexity index is 962. The van der Waals surface area contributed by atoms with Crippen LogP contribution in [0.1, 0.15) is 20.7 Å². The Kier molecular flexibility index (Phi) is 5.81. The van der Waals surface area contributed by atoms with Gasteiger partial charge < -0.3 is 9.80 Å². The van der Waals surface area contributed by atoms with E-state index in [1.165, 1.54) is 28.0 Å². The van der Waals surface area contributed by atoms with Crippen molar-refractivity contribution < 1.29 is 18.9 Å². The van der Waals surface area contributed by atoms with Gasteiger partial charge in [0.25, 0.3) is 17.5 Å². The van der Waals surface area contributed by atoms with E-state index in [-0.39, 0.29) is 58.9 Å². The van der Waals surface area contributed by atoms with E-state index in [9.17, 15) is 24.1 Å². The molecular weight excluding hydrogens is 412 g/mol. The van der Waals surface area contributed by atoms with Crippen molar-refractivity contribution >= 4 is 40.7 Å². The van der Waals surface area contributed by atoms with Crippen molar-refractivity contribution in [3.8, 4) is 0 Å². The van der Waals surface area contributed by atoms with Gasteiger partial charge in [-0.1, -0.05) is 23.2 Å². The molecule has 10 heteroatoms. The third-order valence-electron chi connectivity index (χ3n) is 4.40. The molecule has 3 rings (SSSR count). The fraction of sp³-hybridized carbons (Fsp3) is 0.222. The molecule has 0 aliphatic carbocycles. The standard InChI is InChI=1S/C18H14Cl2FN3O4/c19-11-1-3-14(16(9-11)24(27)28)18(26)23-7-5-22(6-8-23)17(25)13-4-2-12(21)10-15(13)20/h1-4,9-10H,5-8H2. The monoisotopic (exact) mass is 425 g/mol. The van der Waals surface area contributed by atoms with Gasteiger partial charge in [-0.2, -0.15) is 0 Å². The molecule has 1 fully saturated rings. The first kappa shape index (κ1) is 20.0. The largest absolute Gasteiger partial charge is 0.335 e. The first-order chi connectivity index (χ1) is 13.3. The Hall–Kier alpha value is -2.71. The molecule has 7 nitrogen and oxygen atoms in total. The molecule has 0 spiro atoms. The number of carbonyl (C=O) groups excluding carboxylic acids is 2. The van der Waals surface area contributed by atoms with Crippen molar-refractivity contribution in [2.45, 2.75) is 0 Å². The van der Waals surface area contributed by atoms with Gasteiger partial charge in [0.15, 0.2) is 0 Å². The number of halogens is 3. The molecular formula is C18H14Cl2FN3O4. The second kappa shape index (κ2) is 8.12. The van der Waals surface area contributed by atoms with Crippen molar-refractivity contribution in [3.05, 3.63) is 73.5 Å². The van der Waals surface area contributed by atoms with Gasteiger partial charge in [0.2, 0.25) is 0 Å². The molecule has 1 aliphatic rings. The summed E-state index contributed by atoms with van der Waals surface area (Å²) in [6.45, 7) is 0.839. The van der Waals surface area contributed by atoms with Crippen molar-refractivity contribution in [2.75, 3.05) is 26.2 Å². The molecule has 1 aliphatic heterocycles. The van der Waals surface area contributed by atoms with E-state index in [2.05, 4.69) is 0 Å². The number of nitrogens with zero attached hydrogens (tertiary/aromatic N) is 3. The van der Waals surface area contributed by atoms with Crippen LogP contribution in [0, 0.1) is 15.9 Å². The highest BCUT2D eigenvalue weighted by molar-refractivity contribution is 6.33. The summed E-state index contributed by atoms with van der Waals surface area (Å²) in [5.41, 5.74) is -0.249. The molecule has 2 amide bonds. The summed E-state index contributed by atoms with van der Waals surface area (Å²) >= 11 is 11.7. The second-order valence-electron chi connectivity index (χ2n) is 6.13. The summed E-state index contributed by atoms with van der Waals surface area (Å²) in [7, 11) is 0. The second-order valence-corrected chi connectivity index (χ2v) is 6.97. The van der Waals surface area contributed by atoms with E-state index in [1.54, 1.807) is 0 Å². The zero-order valence-corrected chi connectivity index (χ0v) is 15.9. The van der Waals surface area contributed by atoms with E-state index in [4.69, 9.17) is 23.2 Å². The van der Waals surface area contributed by atoms with E-state index in [0.717, 1.165) is 18.2 Å². The number of piperazine rings is 1. The Morgan fingerprint density at radius 3 is 2.00 bits per heavy atom. The van der Waals surface area contributed by atoms with Crippen LogP contribution in [0.2, 0.25) is 10.0 Å². The average Bonchev–Trinajstić information content (AvgIpc) is 2.67. The van der Waals surface area contributed by atoms with E-state index in [1.807, 2.05) is 0 Å². The van der Waals surface area contributed by atoms with Crippen LogP contribution >= 0.6 is 23.2 Å². The molecule has 0 atom stereocenters. The van der Waals surface area contributed by atoms with Gasteiger partial charge in [-0.3, -0.25) is 19.7 Å². The lowest BCUT2D eigenvalue weighted by atomic mass is 10.1. The Morgan fingerprint density at radius 1 is 0.929 bits per heavy atom. The zero-order chi connectivity index (χ0) is 20.4. The van der Waals surface area contributed by atoms with Gasteiger partial charge in [-0.25, -0.2) is 4.39 Å². The summed E-state index contributed by atoms with van der Waals surface area (Å²) in [6, 6.07) is 7.39. The van der Waals surface area contributed by atoms with E-state index < -0.39 is 16.6 Å². The number of amides is 2. The fourth-order valence-electron chi connectivity index (χ4n) is 2.95. The topological polar surface area (TPSA) is 83.8 Å². The summed E-state index contributed by atoms with van der Waals surface area (Å²) in [5.74, 6) is -1.41. The molecule has 1 saturated heterocycles. The minimum Gasteiger partial charge on any atom is -0.335 e. The first-order valence-corrected chi connectivity index (χ1v) is 9.01. The summed E-state index contributed by atoms with van der Waals surface area (Å²) in [5, 5.41) is 11.4. The van der Waals surface area contributed by atoms with Crippen LogP contribution in [0.3, 0.4) is 0 Å². The minimum atomic E-state index is -0.657. The lowest BCUT2D eigenvalue weighted by Crippen LogP contribution is -2.50. The van der Waals surface area contributed by atoms with Crippen molar-refractivity contribution in [2.24, 2.45) is 0 Å².